The number of Topliss-reactive ketones (excluding diaryl/α,β-unsaturated/α-hetero) is 1. The zero-order valence-corrected chi connectivity index (χ0v) is 18.5. The minimum absolute atomic E-state index is 0.0243. The molecule has 0 bridgehead atoms. The van der Waals surface area contributed by atoms with Crippen molar-refractivity contribution in [3.8, 4) is 0 Å². The number of benzene rings is 2. The van der Waals surface area contributed by atoms with Gasteiger partial charge in [-0.05, 0) is 48.6 Å². The van der Waals surface area contributed by atoms with Gasteiger partial charge in [0.15, 0.2) is 0 Å². The van der Waals surface area contributed by atoms with Crippen LogP contribution in [-0.4, -0.2) is 34.4 Å². The van der Waals surface area contributed by atoms with Crippen LogP contribution >= 0.6 is 11.6 Å². The number of carbonyl (C=O) groups is 4. The van der Waals surface area contributed by atoms with Crippen LogP contribution in [-0.2, 0) is 33.3 Å². The van der Waals surface area contributed by atoms with E-state index >= 15 is 0 Å². The minimum Gasteiger partial charge on any atom is -0.322 e. The van der Waals surface area contributed by atoms with Crippen LogP contribution in [0.1, 0.15) is 53.2 Å². The van der Waals surface area contributed by atoms with E-state index in [0.717, 1.165) is 4.90 Å². The summed E-state index contributed by atoms with van der Waals surface area (Å²) < 4.78 is 38.1. The van der Waals surface area contributed by atoms with Crippen molar-refractivity contribution < 1.29 is 29.3 Å². The molecule has 2 aliphatic heterocycles. The second kappa shape index (κ2) is 8.67. The lowest BCUT2D eigenvalue weighted by atomic mass is 9.95. The van der Waals surface area contributed by atoms with Gasteiger partial charge in [-0.25, -0.2) is 0 Å². The minimum atomic E-state index is -3.69. The van der Waals surface area contributed by atoms with E-state index in [1.165, 1.54) is 31.2 Å². The summed E-state index contributed by atoms with van der Waals surface area (Å²) in [6.45, 7) is 1.41. The molecule has 2 aliphatic rings. The normalized spacial score (nSPS) is 21.0. The summed E-state index contributed by atoms with van der Waals surface area (Å²) in [5.41, 5.74) is 1.12. The van der Waals surface area contributed by atoms with Gasteiger partial charge in [-0.15, -0.1) is 0 Å². The molecule has 1 atom stereocenters. The Hall–Kier alpha value is -3.13. The summed E-state index contributed by atoms with van der Waals surface area (Å²) in [6.07, 6.45) is -0.571. The molecule has 1 saturated heterocycles. The number of halogens is 3. The number of rotatable bonds is 6. The Morgan fingerprint density at radius 1 is 1.27 bits per heavy atom. The van der Waals surface area contributed by atoms with Gasteiger partial charge in [-0.3, -0.25) is 24.5 Å². The molecular formula is C24H21ClF2N2O4. The predicted octanol–water partition coefficient (Wildman–Crippen LogP) is 3.70. The Morgan fingerprint density at radius 3 is 2.76 bits per heavy atom. The van der Waals surface area contributed by atoms with Crippen molar-refractivity contribution in [1.29, 1.82) is 0 Å². The first kappa shape index (κ1) is 21.7. The average Bonchev–Trinajstić information content (AvgIpc) is 3.13. The number of carbonyl (C=O) groups excluding carboxylic acids is 4. The van der Waals surface area contributed by atoms with Crippen molar-refractivity contribution in [3.05, 3.63) is 69.2 Å². The number of nitrogens with one attached hydrogen (secondary N) is 1. The lowest BCUT2D eigenvalue weighted by Crippen LogP contribution is -2.52. The molecule has 9 heteroatoms. The summed E-state index contributed by atoms with van der Waals surface area (Å²) in [6, 6.07) is 6.82. The molecule has 1 N–H and O–H groups in total. The van der Waals surface area contributed by atoms with Gasteiger partial charge in [0.1, 0.15) is 6.02 Å². The summed E-state index contributed by atoms with van der Waals surface area (Å²) in [4.78, 5) is 50.0. The van der Waals surface area contributed by atoms with Crippen LogP contribution in [0, 0.1) is 6.92 Å². The molecule has 0 aromatic heterocycles. The molecule has 1 fully saturated rings. The van der Waals surface area contributed by atoms with Gasteiger partial charge >= 0.3 is 5.92 Å². The molecule has 33 heavy (non-hydrogen) atoms. The first-order valence-corrected chi connectivity index (χ1v) is 10.8. The molecule has 3 amide bonds. The molecule has 4 rings (SSSR count). The zero-order valence-electron chi connectivity index (χ0n) is 18.7. The fourth-order valence-electron chi connectivity index (χ4n) is 4.12. The maximum atomic E-state index is 14.8. The van der Waals surface area contributed by atoms with Crippen molar-refractivity contribution in [2.45, 2.75) is 51.1 Å². The van der Waals surface area contributed by atoms with Gasteiger partial charge in [0.05, 0.1) is 1.37 Å². The number of amides is 3. The number of hydrogen-bond acceptors (Lipinski definition) is 4. The molecule has 1 unspecified atom stereocenters. The van der Waals surface area contributed by atoms with Crippen LogP contribution in [0.3, 0.4) is 0 Å². The number of hydrogen-bond donors (Lipinski definition) is 1. The molecule has 0 spiro atoms. The smallest absolute Gasteiger partial charge is 0.322 e. The monoisotopic (exact) mass is 475 g/mol. The van der Waals surface area contributed by atoms with E-state index in [-0.39, 0.29) is 36.4 Å². The highest BCUT2D eigenvalue weighted by Crippen LogP contribution is 2.35. The van der Waals surface area contributed by atoms with E-state index < -0.39 is 47.4 Å². The largest absolute Gasteiger partial charge is 0.330 e. The Kier molecular flexibility index (Phi) is 5.70. The van der Waals surface area contributed by atoms with E-state index in [9.17, 15) is 28.0 Å². The maximum Gasteiger partial charge on any atom is 0.330 e. The van der Waals surface area contributed by atoms with E-state index in [4.69, 9.17) is 13.0 Å². The highest BCUT2D eigenvalue weighted by Gasteiger charge is 2.42. The summed E-state index contributed by atoms with van der Waals surface area (Å²) >= 11 is 5.93. The average molecular weight is 476 g/mol. The van der Waals surface area contributed by atoms with E-state index in [1.54, 1.807) is 12.1 Å². The molecule has 0 saturated carbocycles. The van der Waals surface area contributed by atoms with Crippen molar-refractivity contribution >= 4 is 35.1 Å². The molecule has 2 heterocycles. The van der Waals surface area contributed by atoms with Crippen LogP contribution < -0.4 is 5.32 Å². The fourth-order valence-corrected chi connectivity index (χ4v) is 4.30. The van der Waals surface area contributed by atoms with Gasteiger partial charge in [0, 0.05) is 35.5 Å². The lowest BCUT2D eigenvalue weighted by Gasteiger charge is -2.29. The number of imide groups is 1. The topological polar surface area (TPSA) is 83.6 Å². The third kappa shape index (κ3) is 4.27. The van der Waals surface area contributed by atoms with Gasteiger partial charge < -0.3 is 4.90 Å². The summed E-state index contributed by atoms with van der Waals surface area (Å²) in [7, 11) is 0. The molecule has 0 radical (unpaired) electrons. The number of nitrogens with zero attached hydrogens (tertiary/aromatic N) is 1. The SMILES string of the molecule is [2H]C1(N2Cc3cc(CCC(=O)C(F)(F)c4cccc(Cl)c4C)ccc3C2=O)CCC(=O)NC1=O. The number of piperidine rings is 1. The maximum absolute atomic E-state index is 14.8. The summed E-state index contributed by atoms with van der Waals surface area (Å²) in [5, 5.41) is 2.25. The van der Waals surface area contributed by atoms with Crippen LogP contribution in [0.5, 0.6) is 0 Å². The van der Waals surface area contributed by atoms with Crippen molar-refractivity contribution in [1.82, 2.24) is 10.2 Å². The highest BCUT2D eigenvalue weighted by atomic mass is 35.5. The highest BCUT2D eigenvalue weighted by molar-refractivity contribution is 6.31. The standard InChI is InChI=1S/C24H21ClF2N2O4/c1-13-17(3-2-4-18(13)25)24(26,27)20(30)9-6-14-5-7-16-15(11-14)12-29(23(16)33)19-8-10-21(31)28-22(19)32/h2-5,7,11,19H,6,8-10,12H2,1H3,(H,28,31,32)/i19D. The molecule has 172 valence electrons. The molecule has 0 aliphatic carbocycles. The number of ketones is 1. The van der Waals surface area contributed by atoms with Crippen molar-refractivity contribution in [2.75, 3.05) is 0 Å². The Morgan fingerprint density at radius 2 is 2.03 bits per heavy atom. The van der Waals surface area contributed by atoms with Gasteiger partial charge in [0.25, 0.3) is 5.91 Å². The summed E-state index contributed by atoms with van der Waals surface area (Å²) in [5.74, 6) is -6.80. The Bertz CT molecular complexity index is 1240. The van der Waals surface area contributed by atoms with Gasteiger partial charge in [-0.1, -0.05) is 35.9 Å². The quantitative estimate of drug-likeness (QED) is 0.646. The van der Waals surface area contributed by atoms with Gasteiger partial charge in [-0.2, -0.15) is 8.78 Å². The van der Waals surface area contributed by atoms with E-state index in [2.05, 4.69) is 5.32 Å². The molecule has 2 aromatic rings. The molecule has 6 nitrogen and oxygen atoms in total. The second-order valence-electron chi connectivity index (χ2n) is 8.12. The van der Waals surface area contributed by atoms with Crippen LogP contribution in [0.25, 0.3) is 0 Å². The predicted molar refractivity (Wildman–Crippen MR) is 116 cm³/mol. The fraction of sp³-hybridized carbons (Fsp3) is 0.333. The van der Waals surface area contributed by atoms with Gasteiger partial charge in [0.2, 0.25) is 17.6 Å². The van der Waals surface area contributed by atoms with Crippen LogP contribution in [0.4, 0.5) is 8.78 Å². The second-order valence-corrected chi connectivity index (χ2v) is 8.52. The van der Waals surface area contributed by atoms with Crippen LogP contribution in [0.15, 0.2) is 36.4 Å². The van der Waals surface area contributed by atoms with E-state index in [1.807, 2.05) is 0 Å². The number of alkyl halides is 2. The molecule has 2 aromatic carbocycles. The zero-order chi connectivity index (χ0) is 24.8. The third-order valence-corrected chi connectivity index (χ3v) is 6.41. The first-order chi connectivity index (χ1) is 15.9. The third-order valence-electron chi connectivity index (χ3n) is 6.00. The Labute approximate surface area is 195 Å². The van der Waals surface area contributed by atoms with E-state index in [0.29, 0.717) is 16.7 Å². The number of fused-ring (bicyclic) bond motifs is 1. The lowest BCUT2D eigenvalue weighted by molar-refractivity contribution is -0.144. The molecular weight excluding hydrogens is 454 g/mol. The number of aryl methyl sites for hydroxylation is 1. The van der Waals surface area contributed by atoms with Crippen LogP contribution in [0.2, 0.25) is 5.02 Å². The first-order valence-electron chi connectivity index (χ1n) is 10.9. The Balaban J connectivity index is 1.48. The van der Waals surface area contributed by atoms with Crippen molar-refractivity contribution in [3.63, 3.8) is 0 Å². The van der Waals surface area contributed by atoms with Crippen molar-refractivity contribution in [2.24, 2.45) is 0 Å².